The number of nitrogens with zero attached hydrogens (tertiary/aromatic N) is 2. The van der Waals surface area contributed by atoms with Gasteiger partial charge in [0.15, 0.2) is 5.96 Å². The molecule has 7 heteroatoms. The molecule has 2 rings (SSSR count). The Morgan fingerprint density at radius 2 is 1.69 bits per heavy atom. The minimum Gasteiger partial charge on any atom is -0.356 e. The van der Waals surface area contributed by atoms with Crippen LogP contribution in [-0.4, -0.2) is 56.9 Å². The fourth-order valence-corrected chi connectivity index (χ4v) is 2.58. The third-order valence-electron chi connectivity index (χ3n) is 4.29. The van der Waals surface area contributed by atoms with Crippen molar-refractivity contribution < 1.29 is 9.59 Å². The topological polar surface area (TPSA) is 85.8 Å². The van der Waals surface area contributed by atoms with Crippen molar-refractivity contribution in [2.45, 2.75) is 13.0 Å². The van der Waals surface area contributed by atoms with Gasteiger partial charge in [-0.05, 0) is 29.7 Å². The zero-order valence-electron chi connectivity index (χ0n) is 17.2. The molecule has 0 aliphatic heterocycles. The van der Waals surface area contributed by atoms with Gasteiger partial charge in [0, 0.05) is 33.3 Å². The van der Waals surface area contributed by atoms with Gasteiger partial charge in [-0.1, -0.05) is 42.5 Å². The number of nitrogens with one attached hydrogen (secondary N) is 3. The number of benzene rings is 2. The summed E-state index contributed by atoms with van der Waals surface area (Å²) in [5, 5.41) is 8.97. The maximum absolute atomic E-state index is 11.9. The Kier molecular flexibility index (Phi) is 8.69. The Bertz CT molecular complexity index is 834. The van der Waals surface area contributed by atoms with Crippen LogP contribution in [0.2, 0.25) is 0 Å². The van der Waals surface area contributed by atoms with Gasteiger partial charge < -0.3 is 20.9 Å². The molecule has 0 bridgehead atoms. The summed E-state index contributed by atoms with van der Waals surface area (Å²) in [5.74, 6) is 0.442. The van der Waals surface area contributed by atoms with E-state index in [1.54, 1.807) is 27.2 Å². The smallest absolute Gasteiger partial charge is 0.251 e. The Morgan fingerprint density at radius 3 is 2.38 bits per heavy atom. The number of amides is 2. The fraction of sp³-hybridized carbons (Fsp3) is 0.318. The summed E-state index contributed by atoms with van der Waals surface area (Å²) in [6.45, 7) is 1.30. The van der Waals surface area contributed by atoms with E-state index < -0.39 is 0 Å². The average molecular weight is 396 g/mol. The number of carbonyl (C=O) groups is 2. The highest BCUT2D eigenvalue weighted by Gasteiger charge is 2.07. The monoisotopic (exact) mass is 395 g/mol. The highest BCUT2D eigenvalue weighted by molar-refractivity contribution is 5.94. The molecule has 7 nitrogen and oxygen atoms in total. The van der Waals surface area contributed by atoms with Crippen LogP contribution in [0, 0.1) is 0 Å². The SMILES string of the molecule is CNC(=O)c1cccc(CCNC(=NCc2ccccc2)NCC(=O)N(C)C)c1. The van der Waals surface area contributed by atoms with Crippen LogP contribution < -0.4 is 16.0 Å². The quantitative estimate of drug-likeness (QED) is 0.466. The molecule has 0 aromatic heterocycles. The van der Waals surface area contributed by atoms with Gasteiger partial charge in [0.05, 0.1) is 13.1 Å². The van der Waals surface area contributed by atoms with Crippen LogP contribution >= 0.6 is 0 Å². The van der Waals surface area contributed by atoms with Gasteiger partial charge in [-0.2, -0.15) is 0 Å². The molecule has 0 saturated heterocycles. The van der Waals surface area contributed by atoms with Crippen LogP contribution in [0.3, 0.4) is 0 Å². The summed E-state index contributed by atoms with van der Waals surface area (Å²) in [4.78, 5) is 29.8. The van der Waals surface area contributed by atoms with Gasteiger partial charge in [0.1, 0.15) is 0 Å². The van der Waals surface area contributed by atoms with Crippen LogP contribution in [0.4, 0.5) is 0 Å². The number of guanidine groups is 1. The highest BCUT2D eigenvalue weighted by atomic mass is 16.2. The first-order chi connectivity index (χ1) is 14.0. The molecular formula is C22H29N5O2. The predicted molar refractivity (Wildman–Crippen MR) is 116 cm³/mol. The van der Waals surface area contributed by atoms with E-state index in [0.717, 1.165) is 17.5 Å². The Balaban J connectivity index is 1.97. The first-order valence-electron chi connectivity index (χ1n) is 9.57. The lowest BCUT2D eigenvalue weighted by Gasteiger charge is -2.15. The summed E-state index contributed by atoms with van der Waals surface area (Å²) in [5.41, 5.74) is 2.77. The molecule has 0 atom stereocenters. The van der Waals surface area contributed by atoms with Crippen molar-refractivity contribution in [2.75, 3.05) is 34.2 Å². The number of likely N-dealkylation sites (N-methyl/N-ethyl adjacent to an activating group) is 1. The number of carbonyl (C=O) groups excluding carboxylic acids is 2. The minimum absolute atomic E-state index is 0.0301. The van der Waals surface area contributed by atoms with Crippen LogP contribution in [0.5, 0.6) is 0 Å². The summed E-state index contributed by atoms with van der Waals surface area (Å²) < 4.78 is 0. The van der Waals surface area contributed by atoms with Gasteiger partial charge in [-0.3, -0.25) is 9.59 Å². The van der Waals surface area contributed by atoms with Gasteiger partial charge in [0.2, 0.25) is 5.91 Å². The number of hydrogen-bond donors (Lipinski definition) is 3. The zero-order chi connectivity index (χ0) is 21.1. The Morgan fingerprint density at radius 1 is 0.966 bits per heavy atom. The molecule has 0 saturated carbocycles. The van der Waals surface area contributed by atoms with Crippen LogP contribution in [0.15, 0.2) is 59.6 Å². The third kappa shape index (κ3) is 7.65. The van der Waals surface area contributed by atoms with Gasteiger partial charge in [0.25, 0.3) is 5.91 Å². The van der Waals surface area contributed by atoms with E-state index in [4.69, 9.17) is 0 Å². The molecule has 0 heterocycles. The third-order valence-corrected chi connectivity index (χ3v) is 4.29. The van der Waals surface area contributed by atoms with E-state index >= 15 is 0 Å². The van der Waals surface area contributed by atoms with Gasteiger partial charge in [-0.25, -0.2) is 4.99 Å². The standard InChI is InChI=1S/C22H29N5O2/c1-23-21(29)19-11-7-10-17(14-19)12-13-24-22(26-16-20(28)27(2)3)25-15-18-8-5-4-6-9-18/h4-11,14H,12-13,15-16H2,1-3H3,(H,23,29)(H2,24,25,26). The summed E-state index contributed by atoms with van der Waals surface area (Å²) in [6.07, 6.45) is 0.721. The molecule has 0 radical (unpaired) electrons. The van der Waals surface area contributed by atoms with Crippen molar-refractivity contribution in [2.24, 2.45) is 4.99 Å². The van der Waals surface area contributed by atoms with Crippen molar-refractivity contribution in [3.05, 3.63) is 71.3 Å². The van der Waals surface area contributed by atoms with E-state index in [-0.39, 0.29) is 18.4 Å². The molecule has 2 aromatic carbocycles. The fourth-order valence-electron chi connectivity index (χ4n) is 2.58. The van der Waals surface area contributed by atoms with E-state index in [0.29, 0.717) is 24.6 Å². The first-order valence-corrected chi connectivity index (χ1v) is 9.57. The summed E-state index contributed by atoms with van der Waals surface area (Å²) in [7, 11) is 5.06. The van der Waals surface area contributed by atoms with Crippen molar-refractivity contribution >= 4 is 17.8 Å². The Hall–Kier alpha value is -3.35. The van der Waals surface area contributed by atoms with E-state index in [1.807, 2.05) is 48.5 Å². The molecule has 3 N–H and O–H groups in total. The van der Waals surface area contributed by atoms with Crippen LogP contribution in [0.1, 0.15) is 21.5 Å². The number of hydrogen-bond acceptors (Lipinski definition) is 3. The lowest BCUT2D eigenvalue weighted by atomic mass is 10.1. The molecule has 2 amide bonds. The second-order valence-corrected chi connectivity index (χ2v) is 6.75. The largest absolute Gasteiger partial charge is 0.356 e. The lowest BCUT2D eigenvalue weighted by molar-refractivity contribution is -0.127. The second-order valence-electron chi connectivity index (χ2n) is 6.75. The summed E-state index contributed by atoms with van der Waals surface area (Å²) in [6, 6.07) is 17.5. The van der Waals surface area contributed by atoms with E-state index in [2.05, 4.69) is 20.9 Å². The van der Waals surface area contributed by atoms with Crippen molar-refractivity contribution in [1.29, 1.82) is 0 Å². The van der Waals surface area contributed by atoms with Crippen molar-refractivity contribution in [1.82, 2.24) is 20.9 Å². The number of rotatable bonds is 8. The highest BCUT2D eigenvalue weighted by Crippen LogP contribution is 2.06. The van der Waals surface area contributed by atoms with Crippen molar-refractivity contribution in [3.63, 3.8) is 0 Å². The zero-order valence-corrected chi connectivity index (χ0v) is 17.2. The second kappa shape index (κ2) is 11.5. The molecule has 0 aliphatic carbocycles. The minimum atomic E-state index is -0.103. The molecular weight excluding hydrogens is 366 g/mol. The molecule has 0 unspecified atom stereocenters. The molecule has 0 spiro atoms. The maximum Gasteiger partial charge on any atom is 0.251 e. The molecule has 154 valence electrons. The summed E-state index contributed by atoms with van der Waals surface area (Å²) >= 11 is 0. The maximum atomic E-state index is 11.9. The van der Waals surface area contributed by atoms with Crippen molar-refractivity contribution in [3.8, 4) is 0 Å². The van der Waals surface area contributed by atoms with Gasteiger partial charge >= 0.3 is 0 Å². The van der Waals surface area contributed by atoms with Crippen LogP contribution in [-0.2, 0) is 17.8 Å². The van der Waals surface area contributed by atoms with Crippen LogP contribution in [0.25, 0.3) is 0 Å². The lowest BCUT2D eigenvalue weighted by Crippen LogP contribution is -2.43. The molecule has 29 heavy (non-hydrogen) atoms. The van der Waals surface area contributed by atoms with E-state index in [9.17, 15) is 9.59 Å². The normalized spacial score (nSPS) is 10.9. The van der Waals surface area contributed by atoms with Gasteiger partial charge in [-0.15, -0.1) is 0 Å². The number of aliphatic imine (C=N–C) groups is 1. The predicted octanol–water partition coefficient (Wildman–Crippen LogP) is 1.41. The molecule has 2 aromatic rings. The first kappa shape index (κ1) is 21.9. The average Bonchev–Trinajstić information content (AvgIpc) is 2.75. The Labute approximate surface area is 172 Å². The molecule has 0 fully saturated rings. The molecule has 0 aliphatic rings. The van der Waals surface area contributed by atoms with E-state index in [1.165, 1.54) is 4.90 Å².